The van der Waals surface area contributed by atoms with Crippen molar-refractivity contribution in [3.05, 3.63) is 532 Å². The van der Waals surface area contributed by atoms with Gasteiger partial charge in [-0.3, -0.25) is 0 Å². The third-order valence-electron chi connectivity index (χ3n) is 25.7. The number of nitrogens with zero attached hydrogens (tertiary/aromatic N) is 1. The third-order valence-corrected chi connectivity index (χ3v) is 35.8. The summed E-state index contributed by atoms with van der Waals surface area (Å²) in [6.07, 6.45) is 0. The Morgan fingerprint density at radius 2 is 0.405 bits per heavy atom. The fourth-order valence-corrected chi connectivity index (χ4v) is 29.0. The zero-order valence-corrected chi connectivity index (χ0v) is 75.3. The quantitative estimate of drug-likeness (QED) is 0.0523. The van der Waals surface area contributed by atoms with Crippen LogP contribution in [-0.2, 0) is 10.8 Å². The van der Waals surface area contributed by atoms with Crippen LogP contribution in [0.25, 0.3) is 77.9 Å². The number of anilines is 5. The van der Waals surface area contributed by atoms with Crippen LogP contribution >= 0.6 is 15.9 Å². The Kier molecular flexibility index (Phi) is 23.8. The monoisotopic (exact) mass is 1710 g/mol. The summed E-state index contributed by atoms with van der Waals surface area (Å²) in [5.41, 5.74) is 28.8. The van der Waals surface area contributed by atoms with Crippen molar-refractivity contribution in [2.75, 3.05) is 10.2 Å². The van der Waals surface area contributed by atoms with E-state index in [9.17, 15) is 0 Å². The molecule has 2 aliphatic rings. The highest BCUT2D eigenvalue weighted by molar-refractivity contribution is 9.10. The van der Waals surface area contributed by atoms with Crippen LogP contribution in [0.3, 0.4) is 0 Å². The van der Waals surface area contributed by atoms with E-state index in [2.05, 4.69) is 545 Å². The highest BCUT2D eigenvalue weighted by Crippen LogP contribution is 2.52. The molecular weight excluding hydrogens is 1620 g/mol. The molecule has 0 aromatic heterocycles. The van der Waals surface area contributed by atoms with Gasteiger partial charge in [-0.05, 0) is 227 Å². The van der Waals surface area contributed by atoms with Crippen LogP contribution in [0.15, 0.2) is 502 Å². The molecule has 2 aliphatic carbocycles. The second-order valence-corrected chi connectivity index (χ2v) is 42.2. The third kappa shape index (κ3) is 16.1. The molecular formula is C121H98BrN2Si2-. The minimum Gasteiger partial charge on any atom is -0.358 e. The molecule has 0 bridgehead atoms. The van der Waals surface area contributed by atoms with E-state index in [1.807, 2.05) is 6.07 Å². The fourth-order valence-electron chi connectivity index (χ4n) is 19.3. The summed E-state index contributed by atoms with van der Waals surface area (Å²) in [5.74, 6) is 0. The molecule has 19 aromatic carbocycles. The molecule has 2 nitrogen and oxygen atoms in total. The van der Waals surface area contributed by atoms with Gasteiger partial charge >= 0.3 is 0 Å². The van der Waals surface area contributed by atoms with Gasteiger partial charge in [0.15, 0.2) is 16.1 Å². The summed E-state index contributed by atoms with van der Waals surface area (Å²) >= 11 is 3.51. The predicted octanol–water partition coefficient (Wildman–Crippen LogP) is 27.2. The van der Waals surface area contributed by atoms with Crippen LogP contribution in [0.5, 0.6) is 0 Å². The van der Waals surface area contributed by atoms with Crippen LogP contribution in [0, 0.1) is 7.43 Å². The van der Waals surface area contributed by atoms with Crippen LogP contribution < -0.4 is 51.7 Å². The minimum atomic E-state index is -2.61. The van der Waals surface area contributed by atoms with Gasteiger partial charge in [-0.25, -0.2) is 0 Å². The van der Waals surface area contributed by atoms with Crippen molar-refractivity contribution in [3.63, 3.8) is 0 Å². The number of hydrogen-bond acceptors (Lipinski definition) is 2. The van der Waals surface area contributed by atoms with Gasteiger partial charge in [-0.15, -0.1) is 0 Å². The Morgan fingerprint density at radius 3 is 0.714 bits per heavy atom. The first-order valence-corrected chi connectivity index (χ1v) is 48.1. The Bertz CT molecular complexity index is 6690. The molecule has 0 saturated carbocycles. The number of hydrogen-bond donors (Lipinski definition) is 1. The summed E-state index contributed by atoms with van der Waals surface area (Å²) in [6, 6.07) is 182. The smallest absolute Gasteiger partial charge is 0.179 e. The normalized spacial score (nSPS) is 12.4. The van der Waals surface area contributed by atoms with Gasteiger partial charge in [-0.2, -0.15) is 0 Å². The molecule has 0 amide bonds. The van der Waals surface area contributed by atoms with Gasteiger partial charge in [0.1, 0.15) is 0 Å². The summed E-state index contributed by atoms with van der Waals surface area (Å²) in [5, 5.41) is 14.6. The van der Waals surface area contributed by atoms with E-state index < -0.39 is 16.1 Å². The van der Waals surface area contributed by atoms with E-state index in [1.54, 1.807) is 0 Å². The lowest BCUT2D eigenvalue weighted by Crippen LogP contribution is -2.74. The first kappa shape index (κ1) is 82.6. The highest BCUT2D eigenvalue weighted by Gasteiger charge is 2.44. The van der Waals surface area contributed by atoms with E-state index >= 15 is 0 Å². The zero-order chi connectivity index (χ0) is 84.7. The maximum absolute atomic E-state index is 3.60. The van der Waals surface area contributed by atoms with Crippen molar-refractivity contribution in [1.29, 1.82) is 0 Å². The van der Waals surface area contributed by atoms with Gasteiger partial charge in [0, 0.05) is 43.7 Å². The molecule has 0 saturated heterocycles. The van der Waals surface area contributed by atoms with Gasteiger partial charge in [0.25, 0.3) is 0 Å². The second-order valence-electron chi connectivity index (χ2n) is 33.6. The first-order chi connectivity index (χ1) is 61.4. The Balaban J connectivity index is 0.000000147. The molecule has 0 atom stereocenters. The molecule has 1 N–H and O–H groups in total. The summed E-state index contributed by atoms with van der Waals surface area (Å²) in [6.45, 7) is 9.34. The predicted molar refractivity (Wildman–Crippen MR) is 547 cm³/mol. The number of fused-ring (bicyclic) bond motifs is 6. The largest absolute Gasteiger partial charge is 0.358 e. The molecule has 0 fully saturated rings. The Morgan fingerprint density at radius 1 is 0.198 bits per heavy atom. The number of rotatable bonds is 18. The van der Waals surface area contributed by atoms with E-state index in [4.69, 9.17) is 0 Å². The van der Waals surface area contributed by atoms with Gasteiger partial charge in [-0.1, -0.05) is 456 Å². The summed E-state index contributed by atoms with van der Waals surface area (Å²) < 4.78 is 1.12. The average Bonchev–Trinajstić information content (AvgIpc) is 0.929. The van der Waals surface area contributed by atoms with Crippen molar-refractivity contribution < 1.29 is 0 Å². The summed E-state index contributed by atoms with van der Waals surface area (Å²) in [4.78, 5) is 2.37. The Labute approximate surface area is 754 Å². The van der Waals surface area contributed by atoms with Crippen molar-refractivity contribution in [3.8, 4) is 77.9 Å². The van der Waals surface area contributed by atoms with E-state index in [0.29, 0.717) is 0 Å². The molecule has 126 heavy (non-hydrogen) atoms. The number of nitrogens with one attached hydrogen (secondary N) is 1. The van der Waals surface area contributed by atoms with Crippen LogP contribution in [0.4, 0.5) is 28.4 Å². The molecule has 0 spiro atoms. The molecule has 21 rings (SSSR count). The molecule has 0 unspecified atom stereocenters. The molecule has 0 heterocycles. The maximum atomic E-state index is 3.60. The molecule has 19 aromatic rings. The van der Waals surface area contributed by atoms with Crippen molar-refractivity contribution in [1.82, 2.24) is 0 Å². The highest BCUT2D eigenvalue weighted by atomic mass is 79.9. The molecule has 608 valence electrons. The van der Waals surface area contributed by atoms with Crippen molar-refractivity contribution in [2.45, 2.75) is 38.5 Å². The lowest BCUT2D eigenvalue weighted by molar-refractivity contribution is 0.660. The standard InChI is InChI=1S/C63H49NSi.C36H29NSi.C21H17Br.CH3/c1-63(2)61-26-16-15-25-59(61)60-44-35-51(45-62(60)63)50-31-40-54(41-32-50)64(52-36-27-47(28-37-52)46-17-7-3-8-18-46)53-38-29-48(30-39-53)49-33-42-58(43-34-49)65(55-19-9-4-10-20-55,56-21-11-5-12-22-56)57-23-13-6-14-24-57;1-5-13-29(14-6-1)30-21-23-31(24-22-30)37-32-25-27-36(28-26-32)38(33-15-7-2-8-16-33,34-17-9-3-10-18-34)35-19-11-4-12-20-35;1-21(2)19-6-4-3-5-17(19)18-12-9-15(13-20(18)21)14-7-10-16(22)11-8-14;/h3-45H,1-2H3;1-28,37H;3-13H,1-2H3;1H3/q;;;-1. The number of halogens is 1. The van der Waals surface area contributed by atoms with Crippen LogP contribution in [0.1, 0.15) is 49.9 Å². The average molecular weight is 1720 g/mol. The molecule has 0 aliphatic heterocycles. The zero-order valence-electron chi connectivity index (χ0n) is 71.7. The molecule has 0 radical (unpaired) electrons. The van der Waals surface area contributed by atoms with Gasteiger partial charge < -0.3 is 17.6 Å². The first-order valence-electron chi connectivity index (χ1n) is 43.3. The van der Waals surface area contributed by atoms with Gasteiger partial charge in [0.2, 0.25) is 0 Å². The van der Waals surface area contributed by atoms with E-state index in [-0.39, 0.29) is 18.3 Å². The topological polar surface area (TPSA) is 15.3 Å². The fraction of sp³-hybridized carbons (Fsp3) is 0.0496. The minimum absolute atomic E-state index is 0. The van der Waals surface area contributed by atoms with E-state index in [0.717, 1.165) is 32.9 Å². The lowest BCUT2D eigenvalue weighted by atomic mass is 9.81. The maximum Gasteiger partial charge on any atom is 0.179 e. The van der Waals surface area contributed by atoms with Crippen LogP contribution in [-0.4, -0.2) is 16.1 Å². The van der Waals surface area contributed by atoms with E-state index in [1.165, 1.54) is 142 Å². The lowest BCUT2D eigenvalue weighted by Gasteiger charge is -2.34. The van der Waals surface area contributed by atoms with Crippen molar-refractivity contribution in [2.24, 2.45) is 0 Å². The van der Waals surface area contributed by atoms with Gasteiger partial charge in [0.05, 0.1) is 0 Å². The second kappa shape index (κ2) is 36.2. The number of benzene rings is 19. The summed E-state index contributed by atoms with van der Waals surface area (Å²) in [7, 11) is -5.09. The SMILES string of the molecule is CC1(C)c2ccccc2-c2ccc(-c3ccc(Br)cc3)cc21.CC1(C)c2ccccc2-c2ccc(-c3ccc(N(c4ccc(-c5ccccc5)cc4)c4ccc(-c5ccc([Si](c6ccccc6)(c6ccccc6)c6ccccc6)cc5)cc4)cc3)cc21.[CH3-].c1ccc(-c2ccc(Nc3ccc([Si](c4ccccc4)(c4ccccc4)c4ccccc4)cc3)cc2)cc1. The molecule has 5 heteroatoms. The van der Waals surface area contributed by atoms with Crippen LogP contribution in [0.2, 0.25) is 0 Å². The Hall–Kier alpha value is -14.3. The van der Waals surface area contributed by atoms with Crippen molar-refractivity contribution >= 4 is 102 Å².